The van der Waals surface area contributed by atoms with Crippen molar-refractivity contribution in [2.75, 3.05) is 33.0 Å². The fraction of sp³-hybridized carbons (Fsp3) is 1.00. The Hall–Kier alpha value is -0.200. The van der Waals surface area contributed by atoms with Gasteiger partial charge >= 0.3 is 0 Å². The topological polar surface area (TPSA) is 73.8 Å². The molecule has 5 heteroatoms. The number of nitrogens with one attached hydrogen (secondary N) is 2. The molecular weight excluding hydrogens is 220 g/mol. The Kier molecular flexibility index (Phi) is 6.37. The third-order valence-corrected chi connectivity index (χ3v) is 3.47. The van der Waals surface area contributed by atoms with Gasteiger partial charge in [0.2, 0.25) is 0 Å². The van der Waals surface area contributed by atoms with E-state index >= 15 is 0 Å². The average molecular weight is 246 g/mol. The highest BCUT2D eigenvalue weighted by Crippen LogP contribution is 2.12. The normalized spacial score (nSPS) is 23.6. The Balaban J connectivity index is 2.38. The van der Waals surface area contributed by atoms with Crippen LogP contribution in [0.5, 0.6) is 0 Å². The van der Waals surface area contributed by atoms with Gasteiger partial charge in [0.05, 0.1) is 32.0 Å². The molecular formula is C12H26N2O3. The van der Waals surface area contributed by atoms with Crippen molar-refractivity contribution in [2.24, 2.45) is 0 Å². The van der Waals surface area contributed by atoms with E-state index in [0.29, 0.717) is 12.5 Å². The fourth-order valence-electron chi connectivity index (χ4n) is 2.25. The van der Waals surface area contributed by atoms with Gasteiger partial charge < -0.3 is 25.6 Å². The summed E-state index contributed by atoms with van der Waals surface area (Å²) >= 11 is 0. The van der Waals surface area contributed by atoms with Crippen molar-refractivity contribution in [3.8, 4) is 0 Å². The van der Waals surface area contributed by atoms with E-state index in [2.05, 4.69) is 17.6 Å². The monoisotopic (exact) mass is 246 g/mol. The lowest BCUT2D eigenvalue weighted by molar-refractivity contribution is 0.0570. The average Bonchev–Trinajstić information content (AvgIpc) is 2.37. The Labute approximate surface area is 104 Å². The van der Waals surface area contributed by atoms with E-state index in [1.165, 1.54) is 0 Å². The molecule has 0 aromatic rings. The summed E-state index contributed by atoms with van der Waals surface area (Å²) in [5.41, 5.74) is -0.561. The van der Waals surface area contributed by atoms with Gasteiger partial charge in [-0.3, -0.25) is 0 Å². The molecule has 0 radical (unpaired) electrons. The van der Waals surface area contributed by atoms with Gasteiger partial charge in [0.15, 0.2) is 0 Å². The molecule has 102 valence electrons. The first kappa shape index (κ1) is 14.9. The largest absolute Gasteiger partial charge is 0.394 e. The van der Waals surface area contributed by atoms with Crippen molar-refractivity contribution in [3.63, 3.8) is 0 Å². The van der Waals surface area contributed by atoms with E-state index in [1.807, 2.05) is 6.92 Å². The standard InChI is InChI=1S/C12H26N2O3/c1-3-12(8-15,9-16)14-10(2)6-11-7-17-5-4-13-11/h10-11,13-16H,3-9H2,1-2H3. The Morgan fingerprint density at radius 1 is 1.47 bits per heavy atom. The van der Waals surface area contributed by atoms with E-state index in [9.17, 15) is 10.2 Å². The molecule has 0 aromatic carbocycles. The maximum atomic E-state index is 9.37. The zero-order valence-corrected chi connectivity index (χ0v) is 10.9. The highest BCUT2D eigenvalue weighted by Gasteiger charge is 2.29. The third-order valence-electron chi connectivity index (χ3n) is 3.47. The summed E-state index contributed by atoms with van der Waals surface area (Å²) in [7, 11) is 0. The van der Waals surface area contributed by atoms with Crippen molar-refractivity contribution in [2.45, 2.75) is 44.3 Å². The molecule has 1 aliphatic rings. The van der Waals surface area contributed by atoms with Crippen molar-refractivity contribution in [3.05, 3.63) is 0 Å². The molecule has 0 aliphatic carbocycles. The molecule has 1 fully saturated rings. The Morgan fingerprint density at radius 2 is 2.18 bits per heavy atom. The Morgan fingerprint density at radius 3 is 2.65 bits per heavy atom. The predicted molar refractivity (Wildman–Crippen MR) is 67.0 cm³/mol. The van der Waals surface area contributed by atoms with Crippen LogP contribution in [0.15, 0.2) is 0 Å². The second kappa shape index (κ2) is 7.28. The second-order valence-corrected chi connectivity index (χ2v) is 4.96. The van der Waals surface area contributed by atoms with Gasteiger partial charge in [-0.15, -0.1) is 0 Å². The highest BCUT2D eigenvalue weighted by molar-refractivity contribution is 4.89. The molecule has 0 aromatic heterocycles. The smallest absolute Gasteiger partial charge is 0.0647 e. The first-order valence-corrected chi connectivity index (χ1v) is 6.46. The van der Waals surface area contributed by atoms with Crippen LogP contribution in [-0.4, -0.2) is 60.8 Å². The minimum atomic E-state index is -0.561. The molecule has 1 rings (SSSR count). The lowest BCUT2D eigenvalue weighted by atomic mass is 9.95. The lowest BCUT2D eigenvalue weighted by Gasteiger charge is -2.35. The summed E-state index contributed by atoms with van der Waals surface area (Å²) in [6.07, 6.45) is 1.64. The summed E-state index contributed by atoms with van der Waals surface area (Å²) in [6, 6.07) is 0.589. The first-order chi connectivity index (χ1) is 8.15. The quantitative estimate of drug-likeness (QED) is 0.486. The SMILES string of the molecule is CCC(CO)(CO)NC(C)CC1COCCN1. The van der Waals surface area contributed by atoms with Crippen molar-refractivity contribution < 1.29 is 14.9 Å². The second-order valence-electron chi connectivity index (χ2n) is 4.96. The zero-order chi connectivity index (χ0) is 12.7. The minimum Gasteiger partial charge on any atom is -0.394 e. The van der Waals surface area contributed by atoms with Crippen LogP contribution in [0, 0.1) is 0 Å². The van der Waals surface area contributed by atoms with Gasteiger partial charge in [0, 0.05) is 18.6 Å². The predicted octanol–water partition coefficient (Wildman–Crippen LogP) is -0.524. The van der Waals surface area contributed by atoms with E-state index in [1.54, 1.807) is 0 Å². The lowest BCUT2D eigenvalue weighted by Crippen LogP contribution is -2.56. The number of aliphatic hydroxyl groups excluding tert-OH is 2. The van der Waals surface area contributed by atoms with Crippen LogP contribution in [0.2, 0.25) is 0 Å². The summed E-state index contributed by atoms with van der Waals surface area (Å²) < 4.78 is 5.40. The molecule has 1 heterocycles. The van der Waals surface area contributed by atoms with Crippen LogP contribution >= 0.6 is 0 Å². The molecule has 4 N–H and O–H groups in total. The number of rotatable bonds is 7. The van der Waals surface area contributed by atoms with Crippen LogP contribution in [0.4, 0.5) is 0 Å². The summed E-state index contributed by atoms with van der Waals surface area (Å²) in [4.78, 5) is 0. The van der Waals surface area contributed by atoms with Crippen LogP contribution in [0.1, 0.15) is 26.7 Å². The first-order valence-electron chi connectivity index (χ1n) is 6.46. The molecule has 1 aliphatic heterocycles. The number of hydrogen-bond donors (Lipinski definition) is 4. The van der Waals surface area contributed by atoms with Crippen LogP contribution in [0.3, 0.4) is 0 Å². The van der Waals surface area contributed by atoms with Gasteiger partial charge in [0.25, 0.3) is 0 Å². The maximum Gasteiger partial charge on any atom is 0.0647 e. The molecule has 2 atom stereocenters. The summed E-state index contributed by atoms with van der Waals surface area (Å²) in [6.45, 7) is 6.38. The van der Waals surface area contributed by atoms with Crippen molar-refractivity contribution >= 4 is 0 Å². The van der Waals surface area contributed by atoms with Gasteiger partial charge in [-0.25, -0.2) is 0 Å². The molecule has 0 bridgehead atoms. The number of hydrogen-bond acceptors (Lipinski definition) is 5. The van der Waals surface area contributed by atoms with Crippen molar-refractivity contribution in [1.82, 2.24) is 10.6 Å². The molecule has 0 amide bonds. The molecule has 2 unspecified atom stereocenters. The Bertz CT molecular complexity index is 196. The summed E-state index contributed by atoms with van der Waals surface area (Å²) in [5, 5.41) is 25.5. The highest BCUT2D eigenvalue weighted by atomic mass is 16.5. The molecule has 1 saturated heterocycles. The van der Waals surface area contributed by atoms with E-state index < -0.39 is 5.54 Å². The number of ether oxygens (including phenoxy) is 1. The van der Waals surface area contributed by atoms with Crippen LogP contribution < -0.4 is 10.6 Å². The van der Waals surface area contributed by atoms with Crippen LogP contribution in [-0.2, 0) is 4.74 Å². The third kappa shape index (κ3) is 4.52. The number of aliphatic hydroxyl groups is 2. The maximum absolute atomic E-state index is 9.37. The molecule has 0 spiro atoms. The van der Waals surface area contributed by atoms with E-state index in [-0.39, 0.29) is 19.3 Å². The van der Waals surface area contributed by atoms with Crippen LogP contribution in [0.25, 0.3) is 0 Å². The molecule has 0 saturated carbocycles. The molecule has 17 heavy (non-hydrogen) atoms. The van der Waals surface area contributed by atoms with Gasteiger partial charge in [-0.1, -0.05) is 6.92 Å². The van der Waals surface area contributed by atoms with E-state index in [0.717, 1.165) is 26.2 Å². The zero-order valence-electron chi connectivity index (χ0n) is 10.9. The molecule has 5 nitrogen and oxygen atoms in total. The number of morpholine rings is 1. The minimum absolute atomic E-state index is 0.0427. The van der Waals surface area contributed by atoms with Gasteiger partial charge in [0.1, 0.15) is 0 Å². The summed E-state index contributed by atoms with van der Waals surface area (Å²) in [5.74, 6) is 0. The van der Waals surface area contributed by atoms with Gasteiger partial charge in [-0.2, -0.15) is 0 Å². The van der Waals surface area contributed by atoms with Gasteiger partial charge in [-0.05, 0) is 19.8 Å². The van der Waals surface area contributed by atoms with Crippen molar-refractivity contribution in [1.29, 1.82) is 0 Å². The fourth-order valence-corrected chi connectivity index (χ4v) is 2.25. The van der Waals surface area contributed by atoms with E-state index in [4.69, 9.17) is 4.74 Å².